The molecule has 1 aromatic rings. The second-order valence-electron chi connectivity index (χ2n) is 4.67. The maximum Gasteiger partial charge on any atom is 0.331 e. The average Bonchev–Trinajstić information content (AvgIpc) is 2.42. The van der Waals surface area contributed by atoms with E-state index < -0.39 is 30.3 Å². The predicted molar refractivity (Wildman–Crippen MR) is 78.2 cm³/mol. The Labute approximate surface area is 127 Å². The summed E-state index contributed by atoms with van der Waals surface area (Å²) >= 11 is 0. The summed E-state index contributed by atoms with van der Waals surface area (Å²) < 4.78 is 17.6. The molecular weight excluding hydrogens is 291 g/mol. The third-order valence-corrected chi connectivity index (χ3v) is 2.28. The fraction of sp³-hybridized carbons (Fsp3) is 0.267. The van der Waals surface area contributed by atoms with Gasteiger partial charge in [-0.2, -0.15) is 0 Å². The Morgan fingerprint density at radius 1 is 1.32 bits per heavy atom. The molecule has 0 aliphatic carbocycles. The van der Waals surface area contributed by atoms with Crippen molar-refractivity contribution >= 4 is 24.0 Å². The van der Waals surface area contributed by atoms with Crippen LogP contribution in [0.3, 0.4) is 0 Å². The summed E-state index contributed by atoms with van der Waals surface area (Å²) in [4.78, 5) is 33.9. The molecule has 1 aromatic carbocycles. The van der Waals surface area contributed by atoms with E-state index in [4.69, 9.17) is 0 Å². The van der Waals surface area contributed by atoms with Crippen LogP contribution < -0.4 is 10.6 Å². The van der Waals surface area contributed by atoms with Gasteiger partial charge >= 0.3 is 12.0 Å². The number of benzene rings is 1. The van der Waals surface area contributed by atoms with Crippen molar-refractivity contribution in [3.63, 3.8) is 0 Å². The third-order valence-electron chi connectivity index (χ3n) is 2.28. The van der Waals surface area contributed by atoms with Crippen molar-refractivity contribution in [3.8, 4) is 0 Å². The van der Waals surface area contributed by atoms with E-state index >= 15 is 0 Å². The Kier molecular flexibility index (Phi) is 6.75. The first-order valence-corrected chi connectivity index (χ1v) is 6.57. The lowest BCUT2D eigenvalue weighted by Crippen LogP contribution is -2.43. The van der Waals surface area contributed by atoms with Gasteiger partial charge < -0.3 is 10.1 Å². The lowest BCUT2D eigenvalue weighted by atomic mass is 10.2. The third kappa shape index (κ3) is 7.18. The van der Waals surface area contributed by atoms with Crippen LogP contribution in [0.2, 0.25) is 0 Å². The zero-order chi connectivity index (χ0) is 16.5. The van der Waals surface area contributed by atoms with Crippen molar-refractivity contribution in [2.45, 2.75) is 19.9 Å². The van der Waals surface area contributed by atoms with Crippen molar-refractivity contribution in [3.05, 3.63) is 41.7 Å². The van der Waals surface area contributed by atoms with Crippen molar-refractivity contribution in [1.82, 2.24) is 10.6 Å². The average molecular weight is 308 g/mol. The molecule has 0 bridgehead atoms. The van der Waals surface area contributed by atoms with Gasteiger partial charge in [0.15, 0.2) is 6.61 Å². The number of amides is 3. The summed E-state index contributed by atoms with van der Waals surface area (Å²) in [5, 5.41) is 4.46. The van der Waals surface area contributed by atoms with Crippen LogP contribution in [0.5, 0.6) is 0 Å². The molecule has 3 amide bonds. The largest absolute Gasteiger partial charge is 0.452 e. The SMILES string of the molecule is CC(C)NC(=O)NC(=O)COC(=O)/C=C/c1cccc(F)c1. The molecule has 0 aliphatic heterocycles. The zero-order valence-corrected chi connectivity index (χ0v) is 12.3. The van der Waals surface area contributed by atoms with Gasteiger partial charge in [-0.15, -0.1) is 0 Å². The van der Waals surface area contributed by atoms with Crippen molar-refractivity contribution < 1.29 is 23.5 Å². The number of esters is 1. The number of imide groups is 1. The second-order valence-corrected chi connectivity index (χ2v) is 4.67. The lowest BCUT2D eigenvalue weighted by Gasteiger charge is -2.08. The molecule has 0 saturated carbocycles. The molecule has 0 saturated heterocycles. The minimum Gasteiger partial charge on any atom is -0.452 e. The standard InChI is InChI=1S/C15H17FN2O4/c1-10(2)17-15(21)18-13(19)9-22-14(20)7-6-11-4-3-5-12(16)8-11/h3-8,10H,9H2,1-2H3,(H2,17,18,19,21)/b7-6+. The number of hydrogen-bond acceptors (Lipinski definition) is 4. The van der Waals surface area contributed by atoms with Crippen LogP contribution in [0.15, 0.2) is 30.3 Å². The molecule has 6 nitrogen and oxygen atoms in total. The first kappa shape index (κ1) is 17.4. The number of ether oxygens (including phenoxy) is 1. The molecule has 0 aliphatic rings. The van der Waals surface area contributed by atoms with Crippen LogP contribution in [0, 0.1) is 5.82 Å². The van der Waals surface area contributed by atoms with Gasteiger partial charge in [-0.05, 0) is 37.6 Å². The van der Waals surface area contributed by atoms with E-state index in [9.17, 15) is 18.8 Å². The Balaban J connectivity index is 2.36. The van der Waals surface area contributed by atoms with Crippen LogP contribution in [0.4, 0.5) is 9.18 Å². The highest BCUT2D eigenvalue weighted by Crippen LogP contribution is 2.05. The number of halogens is 1. The van der Waals surface area contributed by atoms with Gasteiger partial charge in [0, 0.05) is 12.1 Å². The Morgan fingerprint density at radius 2 is 2.05 bits per heavy atom. The smallest absolute Gasteiger partial charge is 0.331 e. The van der Waals surface area contributed by atoms with Crippen molar-refractivity contribution in [1.29, 1.82) is 0 Å². The maximum absolute atomic E-state index is 12.9. The van der Waals surface area contributed by atoms with Crippen LogP contribution in [-0.4, -0.2) is 30.6 Å². The summed E-state index contributed by atoms with van der Waals surface area (Å²) in [6.45, 7) is 2.89. The summed E-state index contributed by atoms with van der Waals surface area (Å²) in [6.07, 6.45) is 2.42. The fourth-order valence-electron chi connectivity index (χ4n) is 1.42. The topological polar surface area (TPSA) is 84.5 Å². The molecule has 0 heterocycles. The summed E-state index contributed by atoms with van der Waals surface area (Å²) in [6, 6.07) is 4.85. The van der Waals surface area contributed by atoms with E-state index in [2.05, 4.69) is 10.1 Å². The summed E-state index contributed by atoms with van der Waals surface area (Å²) in [7, 11) is 0. The van der Waals surface area contributed by atoms with E-state index in [1.165, 1.54) is 24.3 Å². The molecule has 0 fully saturated rings. The van der Waals surface area contributed by atoms with E-state index in [-0.39, 0.29) is 6.04 Å². The highest BCUT2D eigenvalue weighted by Gasteiger charge is 2.10. The van der Waals surface area contributed by atoms with E-state index in [1.54, 1.807) is 19.9 Å². The van der Waals surface area contributed by atoms with Gasteiger partial charge in [0.2, 0.25) is 0 Å². The summed E-state index contributed by atoms with van der Waals surface area (Å²) in [5.74, 6) is -1.94. The quantitative estimate of drug-likeness (QED) is 0.639. The van der Waals surface area contributed by atoms with Crippen molar-refractivity contribution in [2.75, 3.05) is 6.61 Å². The molecule has 1 rings (SSSR count). The Hall–Kier alpha value is -2.70. The number of rotatable bonds is 5. The van der Waals surface area contributed by atoms with Crippen LogP contribution in [-0.2, 0) is 14.3 Å². The van der Waals surface area contributed by atoms with Crippen LogP contribution in [0.25, 0.3) is 6.08 Å². The van der Waals surface area contributed by atoms with E-state index in [1.807, 2.05) is 5.32 Å². The molecule has 0 unspecified atom stereocenters. The van der Waals surface area contributed by atoms with Gasteiger partial charge in [0.25, 0.3) is 5.91 Å². The molecule has 22 heavy (non-hydrogen) atoms. The van der Waals surface area contributed by atoms with Crippen LogP contribution >= 0.6 is 0 Å². The fourth-order valence-corrected chi connectivity index (χ4v) is 1.42. The first-order valence-electron chi connectivity index (χ1n) is 6.57. The van der Waals surface area contributed by atoms with Crippen molar-refractivity contribution in [2.24, 2.45) is 0 Å². The Morgan fingerprint density at radius 3 is 2.68 bits per heavy atom. The molecule has 7 heteroatoms. The second kappa shape index (κ2) is 8.56. The molecule has 0 radical (unpaired) electrons. The molecule has 0 atom stereocenters. The normalized spacial score (nSPS) is 10.5. The van der Waals surface area contributed by atoms with Crippen LogP contribution in [0.1, 0.15) is 19.4 Å². The highest BCUT2D eigenvalue weighted by molar-refractivity contribution is 5.96. The molecule has 0 aromatic heterocycles. The first-order chi connectivity index (χ1) is 10.4. The predicted octanol–water partition coefficient (Wildman–Crippen LogP) is 1.62. The number of urea groups is 1. The number of carbonyl (C=O) groups excluding carboxylic acids is 3. The summed E-state index contributed by atoms with van der Waals surface area (Å²) in [5.41, 5.74) is 0.484. The molecule has 0 spiro atoms. The highest BCUT2D eigenvalue weighted by atomic mass is 19.1. The minimum atomic E-state index is -0.774. The number of nitrogens with one attached hydrogen (secondary N) is 2. The van der Waals surface area contributed by atoms with Gasteiger partial charge in [0.05, 0.1) is 0 Å². The molecule has 2 N–H and O–H groups in total. The zero-order valence-electron chi connectivity index (χ0n) is 12.3. The van der Waals surface area contributed by atoms with Gasteiger partial charge in [-0.25, -0.2) is 14.0 Å². The molecule has 118 valence electrons. The maximum atomic E-state index is 12.9. The lowest BCUT2D eigenvalue weighted by molar-refractivity contribution is -0.143. The number of hydrogen-bond donors (Lipinski definition) is 2. The monoisotopic (exact) mass is 308 g/mol. The van der Waals surface area contributed by atoms with E-state index in [0.29, 0.717) is 5.56 Å². The van der Waals surface area contributed by atoms with Gasteiger partial charge in [-0.3, -0.25) is 10.1 Å². The van der Waals surface area contributed by atoms with Gasteiger partial charge in [-0.1, -0.05) is 12.1 Å². The van der Waals surface area contributed by atoms with Gasteiger partial charge in [0.1, 0.15) is 5.82 Å². The minimum absolute atomic E-state index is 0.121. The number of carbonyl (C=O) groups is 3. The Bertz CT molecular complexity index is 585. The van der Waals surface area contributed by atoms with E-state index in [0.717, 1.165) is 6.08 Å². The molecular formula is C15H17FN2O4.